The highest BCUT2D eigenvalue weighted by Crippen LogP contribution is 2.25. The molecular formula is C12H12N4O4S. The lowest BCUT2D eigenvalue weighted by Crippen LogP contribution is -2.45. The summed E-state index contributed by atoms with van der Waals surface area (Å²) < 4.78 is 0.889. The molecule has 1 heterocycles. The second-order valence-electron chi connectivity index (χ2n) is 4.15. The normalized spacial score (nSPS) is 11.8. The van der Waals surface area contributed by atoms with Gasteiger partial charge in [-0.2, -0.15) is 0 Å². The van der Waals surface area contributed by atoms with Gasteiger partial charge in [0.15, 0.2) is 5.13 Å². The van der Waals surface area contributed by atoms with Crippen LogP contribution in [-0.2, 0) is 9.59 Å². The van der Waals surface area contributed by atoms with Crippen LogP contribution in [0.3, 0.4) is 0 Å². The molecule has 0 aliphatic heterocycles. The lowest BCUT2D eigenvalue weighted by molar-refractivity contribution is -0.140. The first-order valence-corrected chi connectivity index (χ1v) is 6.71. The van der Waals surface area contributed by atoms with E-state index in [0.717, 1.165) is 10.2 Å². The van der Waals surface area contributed by atoms with Gasteiger partial charge in [0.05, 0.1) is 16.6 Å². The Morgan fingerprint density at radius 2 is 2.05 bits per heavy atom. The number of benzene rings is 1. The number of fused-ring (bicyclic) bond motifs is 1. The molecular weight excluding hydrogens is 296 g/mol. The van der Waals surface area contributed by atoms with Crippen LogP contribution in [0.25, 0.3) is 10.2 Å². The number of hydrogen-bond acceptors (Lipinski definition) is 5. The number of urea groups is 1. The number of para-hydroxylation sites is 1. The Morgan fingerprint density at radius 1 is 1.33 bits per heavy atom. The summed E-state index contributed by atoms with van der Waals surface area (Å²) >= 11 is 1.25. The lowest BCUT2D eigenvalue weighted by Gasteiger charge is -2.12. The molecule has 0 saturated carbocycles. The fourth-order valence-corrected chi connectivity index (χ4v) is 2.48. The Balaban J connectivity index is 2.03. The molecule has 0 spiro atoms. The Morgan fingerprint density at radius 3 is 2.67 bits per heavy atom. The van der Waals surface area contributed by atoms with Gasteiger partial charge in [-0.05, 0) is 12.1 Å². The molecule has 2 rings (SSSR count). The Hall–Kier alpha value is -2.68. The Labute approximate surface area is 123 Å². The van der Waals surface area contributed by atoms with Crippen molar-refractivity contribution in [2.75, 3.05) is 5.32 Å². The second kappa shape index (κ2) is 6.18. The fraction of sp³-hybridized carbons (Fsp3) is 0.167. The first kappa shape index (κ1) is 14.7. The van der Waals surface area contributed by atoms with Crippen molar-refractivity contribution in [2.24, 2.45) is 5.73 Å². The zero-order valence-corrected chi connectivity index (χ0v) is 11.5. The van der Waals surface area contributed by atoms with Gasteiger partial charge in [0.2, 0.25) is 5.91 Å². The third-order valence-corrected chi connectivity index (χ3v) is 3.47. The summed E-state index contributed by atoms with van der Waals surface area (Å²) in [6, 6.07) is 5.17. The van der Waals surface area contributed by atoms with E-state index < -0.39 is 30.4 Å². The zero-order valence-electron chi connectivity index (χ0n) is 10.7. The molecule has 0 unspecified atom stereocenters. The summed E-state index contributed by atoms with van der Waals surface area (Å²) in [6.07, 6.45) is -0.484. The molecule has 110 valence electrons. The van der Waals surface area contributed by atoms with Crippen molar-refractivity contribution in [2.45, 2.75) is 12.5 Å². The van der Waals surface area contributed by atoms with E-state index in [1.54, 1.807) is 6.07 Å². The first-order valence-electron chi connectivity index (χ1n) is 5.90. The minimum Gasteiger partial charge on any atom is -0.480 e. The molecule has 5 N–H and O–H groups in total. The number of aromatic nitrogens is 1. The molecule has 9 heteroatoms. The summed E-state index contributed by atoms with van der Waals surface area (Å²) in [5, 5.41) is 13.8. The SMILES string of the molecule is NC(=O)C[C@H](NC(=O)Nc1nc2ccccc2s1)C(=O)O. The number of rotatable bonds is 5. The number of anilines is 1. The maximum Gasteiger partial charge on any atom is 0.326 e. The van der Waals surface area contributed by atoms with Crippen LogP contribution in [0.2, 0.25) is 0 Å². The molecule has 2 aromatic rings. The van der Waals surface area contributed by atoms with E-state index in [-0.39, 0.29) is 0 Å². The van der Waals surface area contributed by atoms with Crippen LogP contribution in [0.5, 0.6) is 0 Å². The van der Waals surface area contributed by atoms with Gasteiger partial charge < -0.3 is 16.2 Å². The molecule has 1 atom stereocenters. The maximum atomic E-state index is 11.7. The minimum absolute atomic E-state index is 0.330. The minimum atomic E-state index is -1.38. The molecule has 1 aromatic heterocycles. The van der Waals surface area contributed by atoms with Gasteiger partial charge in [-0.3, -0.25) is 10.1 Å². The molecule has 0 saturated heterocycles. The monoisotopic (exact) mass is 308 g/mol. The molecule has 0 aliphatic rings. The maximum absolute atomic E-state index is 11.7. The number of amides is 3. The first-order chi connectivity index (χ1) is 9.95. The summed E-state index contributed by atoms with van der Waals surface area (Å²) in [7, 11) is 0. The van der Waals surface area contributed by atoms with Crippen molar-refractivity contribution >= 4 is 44.6 Å². The Kier molecular flexibility index (Phi) is 4.33. The number of hydrogen-bond donors (Lipinski definition) is 4. The zero-order chi connectivity index (χ0) is 15.4. The number of carboxylic acids is 1. The van der Waals surface area contributed by atoms with E-state index in [1.807, 2.05) is 18.2 Å². The van der Waals surface area contributed by atoms with E-state index in [4.69, 9.17) is 10.8 Å². The molecule has 8 nitrogen and oxygen atoms in total. The van der Waals surface area contributed by atoms with E-state index in [2.05, 4.69) is 15.6 Å². The quantitative estimate of drug-likeness (QED) is 0.646. The van der Waals surface area contributed by atoms with Gasteiger partial charge in [0.1, 0.15) is 6.04 Å². The van der Waals surface area contributed by atoms with Gasteiger partial charge in [0, 0.05) is 0 Å². The molecule has 0 radical (unpaired) electrons. The second-order valence-corrected chi connectivity index (χ2v) is 5.18. The summed E-state index contributed by atoms with van der Waals surface area (Å²) in [5.41, 5.74) is 5.65. The number of aliphatic carboxylic acids is 1. The van der Waals surface area contributed by atoms with Gasteiger partial charge in [-0.15, -0.1) is 0 Å². The van der Waals surface area contributed by atoms with Crippen LogP contribution in [0, 0.1) is 0 Å². The van der Waals surface area contributed by atoms with Gasteiger partial charge in [0.25, 0.3) is 0 Å². The van der Waals surface area contributed by atoms with Crippen LogP contribution < -0.4 is 16.4 Å². The third-order valence-electron chi connectivity index (χ3n) is 2.52. The van der Waals surface area contributed by atoms with Gasteiger partial charge >= 0.3 is 12.0 Å². The van der Waals surface area contributed by atoms with Gasteiger partial charge in [-0.25, -0.2) is 14.6 Å². The van der Waals surface area contributed by atoms with Crippen LogP contribution in [0.1, 0.15) is 6.42 Å². The molecule has 1 aromatic carbocycles. The van der Waals surface area contributed by atoms with E-state index in [0.29, 0.717) is 5.13 Å². The van der Waals surface area contributed by atoms with Crippen LogP contribution in [-0.4, -0.2) is 34.0 Å². The highest BCUT2D eigenvalue weighted by Gasteiger charge is 2.22. The van der Waals surface area contributed by atoms with Crippen LogP contribution in [0.15, 0.2) is 24.3 Å². The summed E-state index contributed by atoms with van der Waals surface area (Å²) in [4.78, 5) is 37.5. The van der Waals surface area contributed by atoms with Crippen molar-refractivity contribution in [3.8, 4) is 0 Å². The van der Waals surface area contributed by atoms with Gasteiger partial charge in [-0.1, -0.05) is 23.5 Å². The Bertz CT molecular complexity index is 666. The predicted octanol–water partition coefficient (Wildman–Crippen LogP) is 0.746. The van der Waals surface area contributed by atoms with E-state index in [1.165, 1.54) is 11.3 Å². The van der Waals surface area contributed by atoms with Crippen molar-refractivity contribution < 1.29 is 19.5 Å². The summed E-state index contributed by atoms with van der Waals surface area (Å²) in [5.74, 6) is -2.16. The number of carbonyl (C=O) groups is 3. The third kappa shape index (κ3) is 3.89. The summed E-state index contributed by atoms with van der Waals surface area (Å²) in [6.45, 7) is 0. The topological polar surface area (TPSA) is 134 Å². The lowest BCUT2D eigenvalue weighted by atomic mass is 10.2. The standard InChI is InChI=1S/C12H12N4O4S/c13-9(17)5-7(10(18)19)14-11(20)16-12-15-6-3-1-2-4-8(6)21-12/h1-4,7H,5H2,(H2,13,17)(H,18,19)(H2,14,15,16,20)/t7-/m0/s1. The number of primary amides is 1. The number of nitrogens with zero attached hydrogens (tertiary/aromatic N) is 1. The number of nitrogens with two attached hydrogens (primary N) is 1. The molecule has 0 fully saturated rings. The predicted molar refractivity (Wildman–Crippen MR) is 77.0 cm³/mol. The van der Waals surface area contributed by atoms with E-state index >= 15 is 0 Å². The van der Waals surface area contributed by atoms with Crippen molar-refractivity contribution in [3.63, 3.8) is 0 Å². The van der Waals surface area contributed by atoms with Crippen molar-refractivity contribution in [1.82, 2.24) is 10.3 Å². The number of carbonyl (C=O) groups excluding carboxylic acids is 2. The average Bonchev–Trinajstić information content (AvgIpc) is 2.79. The number of carboxylic acid groups (broad SMARTS) is 1. The smallest absolute Gasteiger partial charge is 0.326 e. The molecule has 0 bridgehead atoms. The fourth-order valence-electron chi connectivity index (χ4n) is 1.62. The van der Waals surface area contributed by atoms with Crippen molar-refractivity contribution in [3.05, 3.63) is 24.3 Å². The molecule has 0 aliphatic carbocycles. The van der Waals surface area contributed by atoms with Crippen LogP contribution >= 0.6 is 11.3 Å². The van der Waals surface area contributed by atoms with E-state index in [9.17, 15) is 14.4 Å². The largest absolute Gasteiger partial charge is 0.480 e. The van der Waals surface area contributed by atoms with Crippen LogP contribution in [0.4, 0.5) is 9.93 Å². The molecule has 3 amide bonds. The highest BCUT2D eigenvalue weighted by atomic mass is 32.1. The number of thiazole rings is 1. The van der Waals surface area contributed by atoms with Crippen molar-refractivity contribution in [1.29, 1.82) is 0 Å². The average molecular weight is 308 g/mol. The number of nitrogens with one attached hydrogen (secondary N) is 2. The molecule has 21 heavy (non-hydrogen) atoms. The highest BCUT2D eigenvalue weighted by molar-refractivity contribution is 7.22.